The summed E-state index contributed by atoms with van der Waals surface area (Å²) in [5, 5.41) is 1.51. The number of rotatable bonds is 2. The molecule has 1 heterocycles. The van der Waals surface area contributed by atoms with E-state index in [4.69, 9.17) is 5.73 Å². The van der Waals surface area contributed by atoms with Gasteiger partial charge in [0.25, 0.3) is 0 Å². The number of aryl methyl sites for hydroxylation is 1. The van der Waals surface area contributed by atoms with Crippen molar-refractivity contribution in [2.45, 2.75) is 42.6 Å². The Bertz CT molecular complexity index is 316. The molecule has 4 heteroatoms. The smallest absolute Gasteiger partial charge is 0.187 e. The molecule has 1 aromatic rings. The monoisotopic (exact) mass is 209 g/mol. The van der Waals surface area contributed by atoms with Crippen LogP contribution in [-0.4, -0.2) is 21.3 Å². The van der Waals surface area contributed by atoms with Crippen molar-refractivity contribution in [2.75, 3.05) is 0 Å². The summed E-state index contributed by atoms with van der Waals surface area (Å²) in [6.45, 7) is 1.99. The third-order valence-electron chi connectivity index (χ3n) is 2.47. The van der Waals surface area contributed by atoms with E-state index in [1.165, 1.54) is 6.42 Å². The Morgan fingerprint density at radius 3 is 3.00 bits per heavy atom. The standard InChI is InChI=1S/C10H15N3S/c1-7-4-5-12-10(13-7)14-9-3-2-8(11)6-9/h4-5,8-9H,2-3,6,11H2,1H3. The molecular formula is C10H15N3S. The van der Waals surface area contributed by atoms with Crippen LogP contribution in [0.5, 0.6) is 0 Å². The van der Waals surface area contributed by atoms with E-state index in [0.717, 1.165) is 23.7 Å². The third kappa shape index (κ3) is 2.45. The van der Waals surface area contributed by atoms with Crippen molar-refractivity contribution in [3.8, 4) is 0 Å². The van der Waals surface area contributed by atoms with Gasteiger partial charge in [0.15, 0.2) is 5.16 Å². The van der Waals surface area contributed by atoms with E-state index in [1.807, 2.05) is 19.2 Å². The molecule has 76 valence electrons. The van der Waals surface area contributed by atoms with Gasteiger partial charge in [-0.3, -0.25) is 0 Å². The maximum Gasteiger partial charge on any atom is 0.187 e. The molecule has 0 bridgehead atoms. The van der Waals surface area contributed by atoms with Crippen LogP contribution in [0.25, 0.3) is 0 Å². The van der Waals surface area contributed by atoms with Gasteiger partial charge in [-0.1, -0.05) is 11.8 Å². The maximum atomic E-state index is 5.85. The van der Waals surface area contributed by atoms with Gasteiger partial charge in [-0.25, -0.2) is 9.97 Å². The minimum atomic E-state index is 0.386. The van der Waals surface area contributed by atoms with Gasteiger partial charge < -0.3 is 5.73 Å². The summed E-state index contributed by atoms with van der Waals surface area (Å²) >= 11 is 1.77. The topological polar surface area (TPSA) is 51.8 Å². The van der Waals surface area contributed by atoms with E-state index in [2.05, 4.69) is 9.97 Å². The molecule has 1 fully saturated rings. The molecule has 2 unspecified atom stereocenters. The first-order valence-electron chi connectivity index (χ1n) is 4.96. The normalized spacial score (nSPS) is 26.7. The predicted octanol–water partition coefficient (Wildman–Crippen LogP) is 1.76. The molecule has 0 aliphatic heterocycles. The average molecular weight is 209 g/mol. The first kappa shape index (κ1) is 9.93. The van der Waals surface area contributed by atoms with Gasteiger partial charge in [-0.2, -0.15) is 0 Å². The van der Waals surface area contributed by atoms with Crippen molar-refractivity contribution in [3.05, 3.63) is 18.0 Å². The molecule has 14 heavy (non-hydrogen) atoms. The van der Waals surface area contributed by atoms with Crippen molar-refractivity contribution in [2.24, 2.45) is 5.73 Å². The second-order valence-corrected chi connectivity index (χ2v) is 5.06. The zero-order chi connectivity index (χ0) is 9.97. The molecule has 3 nitrogen and oxygen atoms in total. The highest BCUT2D eigenvalue weighted by molar-refractivity contribution is 7.99. The summed E-state index contributed by atoms with van der Waals surface area (Å²) in [5.41, 5.74) is 6.89. The van der Waals surface area contributed by atoms with E-state index in [0.29, 0.717) is 11.3 Å². The molecule has 1 saturated carbocycles. The Labute approximate surface area is 88.5 Å². The summed E-state index contributed by atoms with van der Waals surface area (Å²) in [7, 11) is 0. The fourth-order valence-corrected chi connectivity index (χ4v) is 2.93. The molecule has 0 aromatic carbocycles. The van der Waals surface area contributed by atoms with Gasteiger partial charge in [0.2, 0.25) is 0 Å². The van der Waals surface area contributed by atoms with Crippen LogP contribution in [0.2, 0.25) is 0 Å². The lowest BCUT2D eigenvalue weighted by atomic mass is 10.3. The number of thioether (sulfide) groups is 1. The van der Waals surface area contributed by atoms with Gasteiger partial charge in [0, 0.05) is 23.2 Å². The van der Waals surface area contributed by atoms with Crippen LogP contribution < -0.4 is 5.73 Å². The highest BCUT2D eigenvalue weighted by atomic mass is 32.2. The molecule has 1 aliphatic carbocycles. The number of aromatic nitrogens is 2. The van der Waals surface area contributed by atoms with Crippen molar-refractivity contribution < 1.29 is 0 Å². The second kappa shape index (κ2) is 4.28. The van der Waals surface area contributed by atoms with Crippen LogP contribution in [0.15, 0.2) is 17.4 Å². The van der Waals surface area contributed by atoms with Crippen LogP contribution in [0.1, 0.15) is 25.0 Å². The first-order chi connectivity index (χ1) is 6.74. The molecule has 1 aliphatic rings. The van der Waals surface area contributed by atoms with Crippen LogP contribution >= 0.6 is 11.8 Å². The van der Waals surface area contributed by atoms with E-state index in [9.17, 15) is 0 Å². The van der Waals surface area contributed by atoms with Crippen molar-refractivity contribution >= 4 is 11.8 Å². The number of nitrogens with zero attached hydrogens (tertiary/aromatic N) is 2. The molecule has 2 N–H and O–H groups in total. The molecule has 1 aromatic heterocycles. The first-order valence-corrected chi connectivity index (χ1v) is 5.84. The van der Waals surface area contributed by atoms with E-state index < -0.39 is 0 Å². The van der Waals surface area contributed by atoms with Crippen molar-refractivity contribution in [1.82, 2.24) is 9.97 Å². The lowest BCUT2D eigenvalue weighted by molar-refractivity contribution is 0.705. The highest BCUT2D eigenvalue weighted by Gasteiger charge is 2.23. The zero-order valence-electron chi connectivity index (χ0n) is 8.31. The van der Waals surface area contributed by atoms with Crippen molar-refractivity contribution in [1.29, 1.82) is 0 Å². The fourth-order valence-electron chi connectivity index (χ4n) is 1.71. The minimum absolute atomic E-state index is 0.386. The Morgan fingerprint density at radius 2 is 2.36 bits per heavy atom. The lowest BCUT2D eigenvalue weighted by Crippen LogP contribution is -2.15. The SMILES string of the molecule is Cc1ccnc(SC2CCC(N)C2)n1. The van der Waals surface area contributed by atoms with Gasteiger partial charge >= 0.3 is 0 Å². The average Bonchev–Trinajstić information content (AvgIpc) is 2.51. The van der Waals surface area contributed by atoms with Crippen molar-refractivity contribution in [3.63, 3.8) is 0 Å². The zero-order valence-corrected chi connectivity index (χ0v) is 9.13. The van der Waals surface area contributed by atoms with E-state index >= 15 is 0 Å². The fraction of sp³-hybridized carbons (Fsp3) is 0.600. The highest BCUT2D eigenvalue weighted by Crippen LogP contribution is 2.32. The van der Waals surface area contributed by atoms with Gasteiger partial charge in [-0.05, 0) is 32.3 Å². The number of hydrogen-bond acceptors (Lipinski definition) is 4. The number of nitrogens with two attached hydrogens (primary N) is 1. The molecular weight excluding hydrogens is 194 g/mol. The van der Waals surface area contributed by atoms with Gasteiger partial charge in [0.05, 0.1) is 0 Å². The van der Waals surface area contributed by atoms with Crippen LogP contribution in [-0.2, 0) is 0 Å². The molecule has 0 spiro atoms. The minimum Gasteiger partial charge on any atom is -0.328 e. The Balaban J connectivity index is 1.97. The molecule has 2 rings (SSSR count). The Kier molecular flexibility index (Phi) is 3.03. The van der Waals surface area contributed by atoms with Crippen LogP contribution in [0.3, 0.4) is 0 Å². The third-order valence-corrected chi connectivity index (χ3v) is 3.64. The summed E-state index contributed by atoms with van der Waals surface area (Å²) in [5.74, 6) is 0. The van der Waals surface area contributed by atoms with E-state index in [-0.39, 0.29) is 0 Å². The molecule has 0 amide bonds. The largest absolute Gasteiger partial charge is 0.328 e. The summed E-state index contributed by atoms with van der Waals surface area (Å²) in [4.78, 5) is 8.61. The predicted molar refractivity (Wildman–Crippen MR) is 58.2 cm³/mol. The molecule has 0 saturated heterocycles. The maximum absolute atomic E-state index is 5.85. The number of hydrogen-bond donors (Lipinski definition) is 1. The Hall–Kier alpha value is -0.610. The summed E-state index contributed by atoms with van der Waals surface area (Å²) in [6.07, 6.45) is 5.26. The summed E-state index contributed by atoms with van der Waals surface area (Å²) in [6, 6.07) is 2.31. The lowest BCUT2D eigenvalue weighted by Gasteiger charge is -2.07. The van der Waals surface area contributed by atoms with Crippen LogP contribution in [0, 0.1) is 6.92 Å². The van der Waals surface area contributed by atoms with Gasteiger partial charge in [-0.15, -0.1) is 0 Å². The molecule has 2 atom stereocenters. The quantitative estimate of drug-likeness (QED) is 0.754. The Morgan fingerprint density at radius 1 is 1.50 bits per heavy atom. The molecule has 0 radical (unpaired) electrons. The van der Waals surface area contributed by atoms with E-state index in [1.54, 1.807) is 11.8 Å². The second-order valence-electron chi connectivity index (χ2n) is 3.79. The van der Waals surface area contributed by atoms with Gasteiger partial charge in [0.1, 0.15) is 0 Å². The van der Waals surface area contributed by atoms with Crippen LogP contribution in [0.4, 0.5) is 0 Å². The summed E-state index contributed by atoms with van der Waals surface area (Å²) < 4.78 is 0.